The molecule has 0 radical (unpaired) electrons. The third-order valence-electron chi connectivity index (χ3n) is 4.15. The van der Waals surface area contributed by atoms with Crippen LogP contribution in [0.2, 0.25) is 0 Å². The zero-order chi connectivity index (χ0) is 20.1. The van der Waals surface area contributed by atoms with Crippen molar-refractivity contribution in [3.05, 3.63) is 29.6 Å². The molecule has 6 nitrogen and oxygen atoms in total. The average Bonchev–Trinajstić information content (AvgIpc) is 2.61. The standard InChI is InChI=1S/C16H23F3N4O2S2/c1-12(13-3-4-14(21-11-13)16(17,18)19)27(2,24)22-15(26)20-5-6-23-7-9-25-10-8-23/h3-4,11H,5-10H2,1-2H3,(H2,20,22,24,26). The van der Waals surface area contributed by atoms with Gasteiger partial charge in [0.1, 0.15) is 5.69 Å². The number of halogens is 3. The first-order valence-corrected chi connectivity index (χ1v) is 10.7. The number of nitrogens with one attached hydrogen (secondary N) is 2. The van der Waals surface area contributed by atoms with Crippen molar-refractivity contribution in [3.8, 4) is 0 Å². The van der Waals surface area contributed by atoms with Crippen LogP contribution in [0.25, 0.3) is 0 Å². The number of pyridine rings is 1. The van der Waals surface area contributed by atoms with Crippen molar-refractivity contribution >= 4 is 31.9 Å². The third kappa shape index (κ3) is 6.59. The highest BCUT2D eigenvalue weighted by molar-refractivity contribution is 8.01. The van der Waals surface area contributed by atoms with E-state index >= 15 is 0 Å². The SMILES string of the molecule is CC(c1ccc(C(F)(F)F)nc1)=S(C)(=O)NC(=S)NCCN1CCOCC1. The van der Waals surface area contributed by atoms with Gasteiger partial charge in [-0.15, -0.1) is 0 Å². The number of hydrogen-bond donors (Lipinski definition) is 2. The van der Waals surface area contributed by atoms with Crippen molar-refractivity contribution in [1.29, 1.82) is 0 Å². The van der Waals surface area contributed by atoms with Crippen LogP contribution >= 0.6 is 12.2 Å². The molecular weight excluding hydrogens is 401 g/mol. The summed E-state index contributed by atoms with van der Waals surface area (Å²) in [5.74, 6) is 0. The highest BCUT2D eigenvalue weighted by atomic mass is 32.2. The van der Waals surface area contributed by atoms with Gasteiger partial charge in [0.05, 0.1) is 22.9 Å². The number of aromatic nitrogens is 1. The third-order valence-corrected chi connectivity index (χ3v) is 6.52. The van der Waals surface area contributed by atoms with Gasteiger partial charge in [0.25, 0.3) is 0 Å². The molecule has 0 spiro atoms. The predicted octanol–water partition coefficient (Wildman–Crippen LogP) is 1.27. The van der Waals surface area contributed by atoms with Gasteiger partial charge in [-0.2, -0.15) is 13.2 Å². The van der Waals surface area contributed by atoms with Crippen molar-refractivity contribution in [2.45, 2.75) is 13.1 Å². The van der Waals surface area contributed by atoms with Crippen LogP contribution in [0, 0.1) is 0 Å². The Labute approximate surface area is 162 Å². The van der Waals surface area contributed by atoms with E-state index in [4.69, 9.17) is 17.0 Å². The van der Waals surface area contributed by atoms with E-state index in [1.165, 1.54) is 12.3 Å². The summed E-state index contributed by atoms with van der Waals surface area (Å²) < 4.78 is 58.7. The second-order valence-corrected chi connectivity index (χ2v) is 9.05. The van der Waals surface area contributed by atoms with Gasteiger partial charge in [-0.1, -0.05) is 6.07 Å². The number of alkyl halides is 3. The molecule has 1 unspecified atom stereocenters. The lowest BCUT2D eigenvalue weighted by molar-refractivity contribution is -0.141. The molecule has 1 aliphatic rings. The Bertz CT molecular complexity index is 769. The second kappa shape index (κ2) is 9.18. The predicted molar refractivity (Wildman–Crippen MR) is 104 cm³/mol. The van der Waals surface area contributed by atoms with Gasteiger partial charge < -0.3 is 10.1 Å². The first-order valence-electron chi connectivity index (χ1n) is 8.31. The number of morpholine rings is 1. The van der Waals surface area contributed by atoms with E-state index in [-0.39, 0.29) is 5.11 Å². The molecule has 1 fully saturated rings. The number of nitrogens with zero attached hydrogens (tertiary/aromatic N) is 2. The lowest BCUT2D eigenvalue weighted by atomic mass is 10.2. The number of hydrogen-bond acceptors (Lipinski definition) is 5. The lowest BCUT2D eigenvalue weighted by Gasteiger charge is -2.26. The Balaban J connectivity index is 1.96. The van der Waals surface area contributed by atoms with Crippen LogP contribution in [-0.2, 0) is 20.6 Å². The van der Waals surface area contributed by atoms with Crippen LogP contribution < -0.4 is 10.0 Å². The van der Waals surface area contributed by atoms with Crippen molar-refractivity contribution in [3.63, 3.8) is 0 Å². The maximum Gasteiger partial charge on any atom is 0.433 e. The van der Waals surface area contributed by atoms with E-state index in [1.807, 2.05) is 0 Å². The average molecular weight is 425 g/mol. The summed E-state index contributed by atoms with van der Waals surface area (Å²) in [6.45, 7) is 6.09. The highest BCUT2D eigenvalue weighted by Crippen LogP contribution is 2.27. The molecule has 0 aliphatic carbocycles. The topological polar surface area (TPSA) is 66.5 Å². The van der Waals surface area contributed by atoms with Crippen molar-refractivity contribution in [1.82, 2.24) is 19.9 Å². The monoisotopic (exact) mass is 424 g/mol. The molecule has 0 saturated carbocycles. The molecule has 11 heteroatoms. The van der Waals surface area contributed by atoms with Gasteiger partial charge >= 0.3 is 6.18 Å². The molecule has 1 atom stereocenters. The van der Waals surface area contributed by atoms with Crippen LogP contribution in [-0.4, -0.2) is 69.7 Å². The van der Waals surface area contributed by atoms with E-state index < -0.39 is 21.6 Å². The van der Waals surface area contributed by atoms with Gasteiger partial charge in [0, 0.05) is 49.1 Å². The maximum absolute atomic E-state index is 12.9. The van der Waals surface area contributed by atoms with Gasteiger partial charge in [-0.25, -0.2) is 4.21 Å². The Morgan fingerprint density at radius 3 is 2.59 bits per heavy atom. The fraction of sp³-hybridized carbons (Fsp3) is 0.562. The Morgan fingerprint density at radius 1 is 1.37 bits per heavy atom. The Hall–Kier alpha value is -1.43. The Morgan fingerprint density at radius 2 is 2.04 bits per heavy atom. The van der Waals surface area contributed by atoms with Crippen molar-refractivity contribution in [2.75, 3.05) is 45.6 Å². The van der Waals surface area contributed by atoms with Gasteiger partial charge in [-0.05, 0) is 25.2 Å². The molecule has 0 amide bonds. The summed E-state index contributed by atoms with van der Waals surface area (Å²) in [5.41, 5.74) is -0.631. The summed E-state index contributed by atoms with van der Waals surface area (Å²) in [6.07, 6.45) is -1.99. The number of thiocarbonyl (C=S) groups is 1. The molecule has 1 aromatic heterocycles. The zero-order valence-electron chi connectivity index (χ0n) is 15.1. The normalized spacial score (nSPS) is 17.8. The van der Waals surface area contributed by atoms with E-state index in [1.54, 1.807) is 6.92 Å². The molecule has 1 aromatic rings. The fourth-order valence-electron chi connectivity index (χ4n) is 2.44. The van der Waals surface area contributed by atoms with Crippen LogP contribution in [0.3, 0.4) is 0 Å². The minimum absolute atomic E-state index is 0.231. The van der Waals surface area contributed by atoms with E-state index in [0.717, 1.165) is 31.9 Å². The summed E-state index contributed by atoms with van der Waals surface area (Å²) >= 11 is 5.19. The van der Waals surface area contributed by atoms with Crippen molar-refractivity contribution in [2.24, 2.45) is 0 Å². The molecule has 2 N–H and O–H groups in total. The minimum atomic E-state index is -4.51. The first-order chi connectivity index (χ1) is 12.6. The smallest absolute Gasteiger partial charge is 0.379 e. The molecule has 0 bridgehead atoms. The van der Waals surface area contributed by atoms with E-state index in [2.05, 4.69) is 19.9 Å². The zero-order valence-corrected chi connectivity index (χ0v) is 16.8. The molecule has 152 valence electrons. The highest BCUT2D eigenvalue weighted by Gasteiger charge is 2.32. The summed E-state index contributed by atoms with van der Waals surface area (Å²) in [4.78, 5) is 6.01. The fourth-order valence-corrected chi connectivity index (χ4v) is 4.17. The van der Waals surface area contributed by atoms with Crippen LogP contribution in [0.4, 0.5) is 13.2 Å². The molecule has 1 saturated heterocycles. The van der Waals surface area contributed by atoms with Crippen LogP contribution in [0.1, 0.15) is 18.2 Å². The molecule has 1 aliphatic heterocycles. The van der Waals surface area contributed by atoms with Gasteiger partial charge in [0.2, 0.25) is 0 Å². The van der Waals surface area contributed by atoms with E-state index in [9.17, 15) is 17.4 Å². The second-order valence-electron chi connectivity index (χ2n) is 6.14. The first kappa shape index (κ1) is 21.9. The Kier molecular flexibility index (Phi) is 7.43. The minimum Gasteiger partial charge on any atom is -0.379 e. The molecular formula is C16H23F3N4O2S2. The molecule has 2 heterocycles. The molecule has 2 rings (SSSR count). The van der Waals surface area contributed by atoms with E-state index in [0.29, 0.717) is 30.2 Å². The number of rotatable bonds is 5. The van der Waals surface area contributed by atoms with Crippen LogP contribution in [0.15, 0.2) is 18.3 Å². The quantitative estimate of drug-likeness (QED) is 0.548. The molecule has 0 aromatic carbocycles. The summed E-state index contributed by atoms with van der Waals surface area (Å²) in [5, 5.41) is 3.23. The largest absolute Gasteiger partial charge is 0.433 e. The van der Waals surface area contributed by atoms with Gasteiger partial charge in [0.15, 0.2) is 5.11 Å². The van der Waals surface area contributed by atoms with Gasteiger partial charge in [-0.3, -0.25) is 14.6 Å². The van der Waals surface area contributed by atoms with Crippen molar-refractivity contribution < 1.29 is 22.1 Å². The van der Waals surface area contributed by atoms with Crippen LogP contribution in [0.5, 0.6) is 0 Å². The maximum atomic E-state index is 12.9. The molecule has 27 heavy (non-hydrogen) atoms. The summed E-state index contributed by atoms with van der Waals surface area (Å²) in [7, 11) is -2.76. The number of ether oxygens (including phenoxy) is 1. The lowest BCUT2D eigenvalue weighted by Crippen LogP contribution is -2.45. The summed E-state index contributed by atoms with van der Waals surface area (Å²) in [6, 6.07) is 2.12.